The average molecular weight is 278 g/mol. The van der Waals surface area contributed by atoms with Crippen LogP contribution >= 0.6 is 11.3 Å². The molecule has 1 aromatic carbocycles. The number of benzene rings is 1. The molecule has 0 bridgehead atoms. The molecule has 5 heteroatoms. The Hall–Kier alpha value is -2.01. The number of carboxylic acid groups (broad SMARTS) is 1. The van der Waals surface area contributed by atoms with Gasteiger partial charge >= 0.3 is 5.97 Å². The van der Waals surface area contributed by atoms with Crippen LogP contribution in [0.4, 0.5) is 0 Å². The van der Waals surface area contributed by atoms with E-state index in [1.54, 1.807) is 19.2 Å². The van der Waals surface area contributed by atoms with Crippen molar-refractivity contribution >= 4 is 17.3 Å². The third-order valence-corrected chi connectivity index (χ3v) is 3.75. The topological polar surface area (TPSA) is 55.8 Å². The summed E-state index contributed by atoms with van der Waals surface area (Å²) in [6.07, 6.45) is 0. The van der Waals surface area contributed by atoms with E-state index in [1.165, 1.54) is 11.3 Å². The zero-order valence-electron chi connectivity index (χ0n) is 10.7. The summed E-state index contributed by atoms with van der Waals surface area (Å²) in [4.78, 5) is 12.2. The van der Waals surface area contributed by atoms with Gasteiger partial charge in [0.15, 0.2) is 0 Å². The van der Waals surface area contributed by atoms with E-state index in [2.05, 4.69) is 0 Å². The number of aromatic carboxylic acids is 1. The van der Waals surface area contributed by atoms with Crippen LogP contribution < -0.4 is 9.47 Å². The first-order chi connectivity index (χ1) is 9.10. The number of hydrogen-bond acceptors (Lipinski definition) is 4. The Morgan fingerprint density at radius 3 is 2.68 bits per heavy atom. The second kappa shape index (κ2) is 5.75. The second-order valence-corrected chi connectivity index (χ2v) is 5.22. The van der Waals surface area contributed by atoms with Crippen molar-refractivity contribution in [2.45, 2.75) is 13.5 Å². The zero-order valence-corrected chi connectivity index (χ0v) is 11.5. The van der Waals surface area contributed by atoms with Gasteiger partial charge in [0.1, 0.15) is 23.0 Å². The SMILES string of the molecule is COc1cccc(OCc2cc(C(=O)O)sc2C)c1. The molecule has 1 aromatic heterocycles. The highest BCUT2D eigenvalue weighted by Crippen LogP contribution is 2.24. The monoisotopic (exact) mass is 278 g/mol. The molecule has 0 saturated carbocycles. The van der Waals surface area contributed by atoms with Gasteiger partial charge in [-0.25, -0.2) is 4.79 Å². The summed E-state index contributed by atoms with van der Waals surface area (Å²) in [7, 11) is 1.60. The van der Waals surface area contributed by atoms with Crippen molar-refractivity contribution in [2.24, 2.45) is 0 Å². The molecule has 1 N–H and O–H groups in total. The minimum absolute atomic E-state index is 0.335. The lowest BCUT2D eigenvalue weighted by Crippen LogP contribution is -1.96. The molecule has 0 spiro atoms. The Labute approximate surface area is 115 Å². The first-order valence-corrected chi connectivity index (χ1v) is 6.51. The van der Waals surface area contributed by atoms with Crippen molar-refractivity contribution in [1.29, 1.82) is 0 Å². The van der Waals surface area contributed by atoms with Gasteiger partial charge in [0.25, 0.3) is 0 Å². The maximum atomic E-state index is 10.9. The van der Waals surface area contributed by atoms with Gasteiger partial charge < -0.3 is 14.6 Å². The number of ether oxygens (including phenoxy) is 2. The van der Waals surface area contributed by atoms with Crippen LogP contribution in [0.15, 0.2) is 30.3 Å². The molecule has 2 aromatic rings. The van der Waals surface area contributed by atoms with Gasteiger partial charge in [-0.1, -0.05) is 6.07 Å². The molecule has 100 valence electrons. The van der Waals surface area contributed by atoms with Gasteiger partial charge in [-0.15, -0.1) is 11.3 Å². The third kappa shape index (κ3) is 3.26. The lowest BCUT2D eigenvalue weighted by Gasteiger charge is -2.07. The highest BCUT2D eigenvalue weighted by Gasteiger charge is 2.11. The molecular formula is C14H14O4S. The normalized spacial score (nSPS) is 10.2. The van der Waals surface area contributed by atoms with E-state index in [0.29, 0.717) is 17.2 Å². The van der Waals surface area contributed by atoms with E-state index < -0.39 is 5.97 Å². The van der Waals surface area contributed by atoms with Gasteiger partial charge in [-0.2, -0.15) is 0 Å². The Balaban J connectivity index is 2.07. The van der Waals surface area contributed by atoms with Crippen molar-refractivity contribution in [2.75, 3.05) is 7.11 Å². The minimum Gasteiger partial charge on any atom is -0.497 e. The Morgan fingerprint density at radius 1 is 1.32 bits per heavy atom. The molecule has 0 aliphatic rings. The predicted octanol–water partition coefficient (Wildman–Crippen LogP) is 3.34. The van der Waals surface area contributed by atoms with Gasteiger partial charge in [-0.05, 0) is 25.1 Å². The first kappa shape index (κ1) is 13.4. The molecule has 0 unspecified atom stereocenters. The summed E-state index contributed by atoms with van der Waals surface area (Å²) in [5.41, 5.74) is 0.894. The number of methoxy groups -OCH3 is 1. The van der Waals surface area contributed by atoms with Crippen molar-refractivity contribution in [3.05, 3.63) is 45.6 Å². The van der Waals surface area contributed by atoms with Crippen molar-refractivity contribution in [3.8, 4) is 11.5 Å². The number of aryl methyl sites for hydroxylation is 1. The predicted molar refractivity (Wildman–Crippen MR) is 73.3 cm³/mol. The van der Waals surface area contributed by atoms with Gasteiger partial charge in [0.2, 0.25) is 0 Å². The first-order valence-electron chi connectivity index (χ1n) is 5.69. The molecule has 0 saturated heterocycles. The lowest BCUT2D eigenvalue weighted by atomic mass is 10.2. The Morgan fingerprint density at radius 2 is 2.05 bits per heavy atom. The van der Waals surface area contributed by atoms with E-state index in [0.717, 1.165) is 16.2 Å². The van der Waals surface area contributed by atoms with Crippen LogP contribution in [0.2, 0.25) is 0 Å². The standard InChI is InChI=1S/C14H14O4S/c1-9-10(6-13(19-9)14(15)16)8-18-12-5-3-4-11(7-12)17-2/h3-7H,8H2,1-2H3,(H,15,16). The van der Waals surface area contributed by atoms with Crippen LogP contribution in [-0.2, 0) is 6.61 Å². The molecule has 0 fully saturated rings. The summed E-state index contributed by atoms with van der Waals surface area (Å²) in [6, 6.07) is 8.97. The highest BCUT2D eigenvalue weighted by atomic mass is 32.1. The molecule has 0 aliphatic heterocycles. The van der Waals surface area contributed by atoms with E-state index >= 15 is 0 Å². The minimum atomic E-state index is -0.902. The molecule has 0 aliphatic carbocycles. The number of carbonyl (C=O) groups is 1. The number of rotatable bonds is 5. The average Bonchev–Trinajstić information content (AvgIpc) is 2.78. The highest BCUT2D eigenvalue weighted by molar-refractivity contribution is 7.14. The van der Waals surface area contributed by atoms with E-state index in [9.17, 15) is 4.79 Å². The number of thiophene rings is 1. The second-order valence-electron chi connectivity index (χ2n) is 3.96. The van der Waals surface area contributed by atoms with E-state index in [1.807, 2.05) is 25.1 Å². The molecule has 2 rings (SSSR count). The van der Waals surface area contributed by atoms with Crippen LogP contribution in [0, 0.1) is 6.92 Å². The van der Waals surface area contributed by atoms with Crippen LogP contribution in [0.25, 0.3) is 0 Å². The molecule has 0 radical (unpaired) electrons. The quantitative estimate of drug-likeness (QED) is 0.911. The van der Waals surface area contributed by atoms with Gasteiger partial charge in [0.05, 0.1) is 7.11 Å². The Bertz CT molecular complexity index is 589. The lowest BCUT2D eigenvalue weighted by molar-refractivity contribution is 0.0702. The van der Waals surface area contributed by atoms with Crippen LogP contribution in [-0.4, -0.2) is 18.2 Å². The van der Waals surface area contributed by atoms with Crippen molar-refractivity contribution < 1.29 is 19.4 Å². The molecule has 4 nitrogen and oxygen atoms in total. The smallest absolute Gasteiger partial charge is 0.345 e. The van der Waals surface area contributed by atoms with Crippen LogP contribution in [0.1, 0.15) is 20.1 Å². The Kier molecular flexibility index (Phi) is 4.06. The van der Waals surface area contributed by atoms with Crippen molar-refractivity contribution in [1.82, 2.24) is 0 Å². The molecule has 0 atom stereocenters. The summed E-state index contributed by atoms with van der Waals surface area (Å²) in [5.74, 6) is 0.522. The zero-order chi connectivity index (χ0) is 13.8. The third-order valence-electron chi connectivity index (χ3n) is 2.67. The summed E-state index contributed by atoms with van der Waals surface area (Å²) < 4.78 is 10.8. The van der Waals surface area contributed by atoms with E-state index in [4.69, 9.17) is 14.6 Å². The molecule has 0 amide bonds. The van der Waals surface area contributed by atoms with E-state index in [-0.39, 0.29) is 0 Å². The molecule has 1 heterocycles. The van der Waals surface area contributed by atoms with Gasteiger partial charge in [-0.3, -0.25) is 0 Å². The maximum absolute atomic E-state index is 10.9. The summed E-state index contributed by atoms with van der Waals surface area (Å²) >= 11 is 1.26. The number of carboxylic acids is 1. The number of hydrogen-bond donors (Lipinski definition) is 1. The fourth-order valence-corrected chi connectivity index (χ4v) is 2.49. The fourth-order valence-electron chi connectivity index (χ4n) is 1.62. The maximum Gasteiger partial charge on any atom is 0.345 e. The van der Waals surface area contributed by atoms with Crippen LogP contribution in [0.3, 0.4) is 0 Å². The van der Waals surface area contributed by atoms with Gasteiger partial charge in [0, 0.05) is 16.5 Å². The van der Waals surface area contributed by atoms with Crippen molar-refractivity contribution in [3.63, 3.8) is 0 Å². The fraction of sp³-hybridized carbons (Fsp3) is 0.214. The molecule has 19 heavy (non-hydrogen) atoms. The van der Waals surface area contributed by atoms with Crippen LogP contribution in [0.5, 0.6) is 11.5 Å². The molecular weight excluding hydrogens is 264 g/mol. The largest absolute Gasteiger partial charge is 0.497 e. The summed E-state index contributed by atoms with van der Waals surface area (Å²) in [5, 5.41) is 8.93. The summed E-state index contributed by atoms with van der Waals surface area (Å²) in [6.45, 7) is 2.24.